The summed E-state index contributed by atoms with van der Waals surface area (Å²) in [6.45, 7) is 8.28. The van der Waals surface area contributed by atoms with E-state index in [9.17, 15) is 5.26 Å². The SMILES string of the molecule is C=CCC1CCC2(CC1)CCN(C1C=C(Cc3cc(C)ccn3)C=CC1C#N)CC2. The fraction of sp³-hybridized carbons (Fsp3) is 0.556. The second-order valence-electron chi connectivity index (χ2n) is 9.75. The zero-order valence-electron chi connectivity index (χ0n) is 18.4. The van der Waals surface area contributed by atoms with Crippen molar-refractivity contribution in [3.8, 4) is 6.07 Å². The first-order chi connectivity index (χ1) is 14.6. The van der Waals surface area contributed by atoms with Gasteiger partial charge in [0.1, 0.15) is 0 Å². The number of piperidine rings is 1. The highest BCUT2D eigenvalue weighted by molar-refractivity contribution is 5.34. The third-order valence-corrected chi connectivity index (χ3v) is 7.72. The van der Waals surface area contributed by atoms with Gasteiger partial charge in [-0.1, -0.05) is 24.3 Å². The number of nitriles is 1. The van der Waals surface area contributed by atoms with E-state index in [1.807, 2.05) is 12.3 Å². The lowest BCUT2D eigenvalue weighted by atomic mass is 9.65. The van der Waals surface area contributed by atoms with Crippen molar-refractivity contribution in [1.29, 1.82) is 5.26 Å². The van der Waals surface area contributed by atoms with E-state index in [4.69, 9.17) is 0 Å². The Balaban J connectivity index is 1.40. The van der Waals surface area contributed by atoms with Crippen LogP contribution in [0.5, 0.6) is 0 Å². The van der Waals surface area contributed by atoms with E-state index in [-0.39, 0.29) is 12.0 Å². The summed E-state index contributed by atoms with van der Waals surface area (Å²) in [4.78, 5) is 7.10. The van der Waals surface area contributed by atoms with Gasteiger partial charge in [0.05, 0.1) is 12.0 Å². The van der Waals surface area contributed by atoms with Gasteiger partial charge in [0.2, 0.25) is 0 Å². The van der Waals surface area contributed by atoms with Crippen LogP contribution in [0.1, 0.15) is 56.2 Å². The monoisotopic (exact) mass is 401 g/mol. The predicted octanol–water partition coefficient (Wildman–Crippen LogP) is 5.79. The van der Waals surface area contributed by atoms with Crippen molar-refractivity contribution < 1.29 is 0 Å². The van der Waals surface area contributed by atoms with Gasteiger partial charge in [-0.05, 0) is 99.6 Å². The van der Waals surface area contributed by atoms with Crippen LogP contribution >= 0.6 is 0 Å². The van der Waals surface area contributed by atoms with Crippen LogP contribution in [-0.4, -0.2) is 29.0 Å². The first-order valence-corrected chi connectivity index (χ1v) is 11.7. The van der Waals surface area contributed by atoms with Gasteiger partial charge in [-0.2, -0.15) is 5.26 Å². The Hall–Kier alpha value is -2.18. The minimum Gasteiger partial charge on any atom is -0.295 e. The van der Waals surface area contributed by atoms with E-state index in [1.54, 1.807) is 0 Å². The van der Waals surface area contributed by atoms with Crippen LogP contribution in [0.3, 0.4) is 0 Å². The van der Waals surface area contributed by atoms with Gasteiger partial charge in [0, 0.05) is 24.4 Å². The van der Waals surface area contributed by atoms with Gasteiger partial charge < -0.3 is 0 Å². The summed E-state index contributed by atoms with van der Waals surface area (Å²) < 4.78 is 0. The number of likely N-dealkylation sites (tertiary alicyclic amines) is 1. The highest BCUT2D eigenvalue weighted by Crippen LogP contribution is 2.47. The summed E-state index contributed by atoms with van der Waals surface area (Å²) >= 11 is 0. The van der Waals surface area contributed by atoms with Crippen LogP contribution in [0.15, 0.2) is 54.8 Å². The maximum atomic E-state index is 9.75. The van der Waals surface area contributed by atoms with E-state index in [2.05, 4.69) is 59.8 Å². The Labute approximate surface area is 182 Å². The Morgan fingerprint density at radius 1 is 1.27 bits per heavy atom. The fourth-order valence-electron chi connectivity index (χ4n) is 5.75. The molecule has 3 nitrogen and oxygen atoms in total. The third kappa shape index (κ3) is 4.76. The molecule has 2 unspecified atom stereocenters. The summed E-state index contributed by atoms with van der Waals surface area (Å²) in [5.41, 5.74) is 4.19. The second-order valence-corrected chi connectivity index (χ2v) is 9.75. The van der Waals surface area contributed by atoms with E-state index < -0.39 is 0 Å². The quantitative estimate of drug-likeness (QED) is 0.587. The Morgan fingerprint density at radius 3 is 2.70 bits per heavy atom. The van der Waals surface area contributed by atoms with Crippen LogP contribution in [0.25, 0.3) is 0 Å². The average molecular weight is 402 g/mol. The van der Waals surface area contributed by atoms with Crippen LogP contribution in [-0.2, 0) is 6.42 Å². The molecule has 0 amide bonds. The number of rotatable bonds is 5. The molecular formula is C27H35N3. The van der Waals surface area contributed by atoms with Crippen molar-refractivity contribution in [2.75, 3.05) is 13.1 Å². The molecule has 1 spiro atoms. The Morgan fingerprint density at radius 2 is 2.03 bits per heavy atom. The van der Waals surface area contributed by atoms with Gasteiger partial charge in [-0.25, -0.2) is 0 Å². The van der Waals surface area contributed by atoms with E-state index in [0.29, 0.717) is 5.41 Å². The Kier molecular flexibility index (Phi) is 6.54. The maximum absolute atomic E-state index is 9.75. The van der Waals surface area contributed by atoms with Crippen molar-refractivity contribution in [2.45, 2.75) is 64.3 Å². The minimum atomic E-state index is -0.0448. The average Bonchev–Trinajstić information content (AvgIpc) is 2.76. The highest BCUT2D eigenvalue weighted by atomic mass is 15.2. The maximum Gasteiger partial charge on any atom is 0.0837 e. The molecule has 158 valence electrons. The molecule has 1 aliphatic heterocycles. The summed E-state index contributed by atoms with van der Waals surface area (Å²) in [6, 6.07) is 6.94. The lowest BCUT2D eigenvalue weighted by molar-refractivity contribution is 0.0377. The molecule has 2 heterocycles. The number of hydrogen-bond acceptors (Lipinski definition) is 3. The molecule has 3 heteroatoms. The molecule has 1 saturated carbocycles. The first-order valence-electron chi connectivity index (χ1n) is 11.7. The van der Waals surface area contributed by atoms with Crippen LogP contribution in [0, 0.1) is 35.5 Å². The molecule has 0 aromatic carbocycles. The molecule has 1 saturated heterocycles. The molecule has 2 aliphatic carbocycles. The minimum absolute atomic E-state index is 0.0448. The Bertz CT molecular complexity index is 841. The number of pyridine rings is 1. The zero-order chi connectivity index (χ0) is 21.0. The fourth-order valence-corrected chi connectivity index (χ4v) is 5.75. The lowest BCUT2D eigenvalue weighted by Gasteiger charge is -2.48. The van der Waals surface area contributed by atoms with Gasteiger partial charge in [0.15, 0.2) is 0 Å². The van der Waals surface area contributed by atoms with Crippen molar-refractivity contribution in [3.63, 3.8) is 0 Å². The van der Waals surface area contributed by atoms with Crippen molar-refractivity contribution in [1.82, 2.24) is 9.88 Å². The van der Waals surface area contributed by atoms with Crippen LogP contribution < -0.4 is 0 Å². The molecule has 4 rings (SSSR count). The van der Waals surface area contributed by atoms with Gasteiger partial charge in [-0.15, -0.1) is 6.58 Å². The molecular weight excluding hydrogens is 366 g/mol. The standard InChI is InChI=1S/C27H35N3/c1-3-4-22-7-10-27(11-8-22)12-15-30(16-13-27)26-19-23(5-6-24(26)20-28)18-25-17-21(2)9-14-29-25/h3,5-6,9,14,17,19,22,24,26H,1,4,7-8,10-13,15-16,18H2,2H3. The molecule has 2 fully saturated rings. The molecule has 0 radical (unpaired) electrons. The normalized spacial score (nSPS) is 26.9. The van der Waals surface area contributed by atoms with Gasteiger partial charge in [-0.3, -0.25) is 9.88 Å². The summed E-state index contributed by atoms with van der Waals surface area (Å²) in [5, 5.41) is 9.75. The van der Waals surface area contributed by atoms with Crippen LogP contribution in [0.2, 0.25) is 0 Å². The van der Waals surface area contributed by atoms with E-state index >= 15 is 0 Å². The molecule has 2 atom stereocenters. The summed E-state index contributed by atoms with van der Waals surface area (Å²) in [7, 11) is 0. The molecule has 0 bridgehead atoms. The van der Waals surface area contributed by atoms with E-state index in [1.165, 1.54) is 56.1 Å². The number of aryl methyl sites for hydroxylation is 1. The van der Waals surface area contributed by atoms with Crippen molar-refractivity contribution >= 4 is 0 Å². The third-order valence-electron chi connectivity index (χ3n) is 7.72. The van der Waals surface area contributed by atoms with Crippen molar-refractivity contribution in [2.24, 2.45) is 17.3 Å². The van der Waals surface area contributed by atoms with Gasteiger partial charge in [0.25, 0.3) is 0 Å². The summed E-state index contributed by atoms with van der Waals surface area (Å²) in [5.74, 6) is 0.815. The van der Waals surface area contributed by atoms with Crippen molar-refractivity contribution in [3.05, 3.63) is 66.0 Å². The second kappa shape index (κ2) is 9.31. The highest BCUT2D eigenvalue weighted by Gasteiger charge is 2.40. The smallest absolute Gasteiger partial charge is 0.0837 e. The number of nitrogens with zero attached hydrogens (tertiary/aromatic N) is 3. The first kappa shape index (κ1) is 21.1. The number of aromatic nitrogens is 1. The molecule has 1 aromatic heterocycles. The lowest BCUT2D eigenvalue weighted by Crippen LogP contribution is -2.48. The molecule has 1 aromatic rings. The zero-order valence-corrected chi connectivity index (χ0v) is 18.4. The predicted molar refractivity (Wildman–Crippen MR) is 123 cm³/mol. The molecule has 3 aliphatic rings. The number of hydrogen-bond donors (Lipinski definition) is 0. The van der Waals surface area contributed by atoms with Gasteiger partial charge >= 0.3 is 0 Å². The summed E-state index contributed by atoms with van der Waals surface area (Å²) in [6.07, 6.45) is 20.7. The van der Waals surface area contributed by atoms with E-state index in [0.717, 1.165) is 31.1 Å². The molecule has 30 heavy (non-hydrogen) atoms. The largest absolute Gasteiger partial charge is 0.295 e. The number of allylic oxidation sites excluding steroid dienone is 3. The molecule has 0 N–H and O–H groups in total. The van der Waals surface area contributed by atoms with Crippen LogP contribution in [0.4, 0.5) is 0 Å². The topological polar surface area (TPSA) is 39.9 Å².